The van der Waals surface area contributed by atoms with Crippen LogP contribution in [0, 0.1) is 5.41 Å². The molecule has 0 aromatic heterocycles. The van der Waals surface area contributed by atoms with Gasteiger partial charge >= 0.3 is 12.1 Å². The molecule has 1 aliphatic carbocycles. The largest absolute Gasteiger partial charge is 0.480 e. The van der Waals surface area contributed by atoms with E-state index in [1.807, 2.05) is 0 Å². The lowest BCUT2D eigenvalue weighted by molar-refractivity contribution is -0.141. The van der Waals surface area contributed by atoms with Crippen molar-refractivity contribution in [1.29, 1.82) is 0 Å². The summed E-state index contributed by atoms with van der Waals surface area (Å²) in [6.45, 7) is 5.58. The second-order valence-corrected chi connectivity index (χ2v) is 6.24. The molecule has 1 unspecified atom stereocenters. The van der Waals surface area contributed by atoms with Crippen LogP contribution in [0.15, 0.2) is 0 Å². The third-order valence-electron chi connectivity index (χ3n) is 3.51. The molecule has 110 valence electrons. The molecule has 4 N–H and O–H groups in total. The maximum Gasteiger partial charge on any atom is 0.407 e. The average molecular weight is 272 g/mol. The van der Waals surface area contributed by atoms with Gasteiger partial charge in [0.1, 0.15) is 11.6 Å². The monoisotopic (exact) mass is 272 g/mol. The van der Waals surface area contributed by atoms with E-state index in [-0.39, 0.29) is 6.54 Å². The average Bonchev–Trinajstić information content (AvgIpc) is 2.72. The number of carbonyl (C=O) groups is 2. The summed E-state index contributed by atoms with van der Waals surface area (Å²) in [7, 11) is 0. The molecule has 0 bridgehead atoms. The van der Waals surface area contributed by atoms with Crippen molar-refractivity contribution in [2.75, 3.05) is 6.54 Å². The first kappa shape index (κ1) is 15.8. The quantitative estimate of drug-likeness (QED) is 0.719. The number of carbonyl (C=O) groups excluding carboxylic acids is 1. The van der Waals surface area contributed by atoms with Gasteiger partial charge in [-0.1, -0.05) is 12.8 Å². The molecule has 0 aliphatic heterocycles. The molecule has 0 radical (unpaired) electrons. The van der Waals surface area contributed by atoms with Crippen molar-refractivity contribution in [1.82, 2.24) is 5.32 Å². The van der Waals surface area contributed by atoms with Gasteiger partial charge in [0.05, 0.1) is 0 Å². The normalized spacial score (nSPS) is 19.8. The molecule has 19 heavy (non-hydrogen) atoms. The van der Waals surface area contributed by atoms with E-state index in [9.17, 15) is 9.59 Å². The van der Waals surface area contributed by atoms with Gasteiger partial charge in [-0.05, 0) is 33.6 Å². The number of rotatable bonds is 4. The van der Waals surface area contributed by atoms with Gasteiger partial charge in [0.25, 0.3) is 0 Å². The van der Waals surface area contributed by atoms with Gasteiger partial charge in [0.15, 0.2) is 0 Å². The molecule has 0 spiro atoms. The fourth-order valence-corrected chi connectivity index (χ4v) is 2.50. The summed E-state index contributed by atoms with van der Waals surface area (Å²) in [6.07, 6.45) is 2.79. The predicted octanol–water partition coefficient (Wildman–Crippen LogP) is 1.48. The molecule has 1 rings (SSSR count). The molecule has 6 nitrogen and oxygen atoms in total. The Labute approximate surface area is 113 Å². The fraction of sp³-hybridized carbons (Fsp3) is 0.846. The van der Waals surface area contributed by atoms with E-state index in [0.29, 0.717) is 0 Å². The fourth-order valence-electron chi connectivity index (χ4n) is 2.50. The van der Waals surface area contributed by atoms with Gasteiger partial charge in [-0.3, -0.25) is 4.79 Å². The molecule has 1 fully saturated rings. The van der Waals surface area contributed by atoms with Crippen molar-refractivity contribution in [3.8, 4) is 0 Å². The van der Waals surface area contributed by atoms with Crippen LogP contribution >= 0.6 is 0 Å². The number of nitrogens with two attached hydrogens (primary N) is 1. The number of aliphatic carboxylic acids is 1. The first-order valence-corrected chi connectivity index (χ1v) is 6.62. The van der Waals surface area contributed by atoms with E-state index in [0.717, 1.165) is 25.7 Å². The second-order valence-electron chi connectivity index (χ2n) is 6.24. The van der Waals surface area contributed by atoms with E-state index < -0.39 is 29.1 Å². The van der Waals surface area contributed by atoms with Gasteiger partial charge in [-0.2, -0.15) is 0 Å². The summed E-state index contributed by atoms with van der Waals surface area (Å²) in [5, 5.41) is 11.7. The van der Waals surface area contributed by atoms with Crippen molar-refractivity contribution in [2.24, 2.45) is 11.1 Å². The van der Waals surface area contributed by atoms with Crippen LogP contribution in [0.25, 0.3) is 0 Å². The summed E-state index contributed by atoms with van der Waals surface area (Å²) in [6, 6.07) is -0.954. The third kappa shape index (κ3) is 4.38. The molecular weight excluding hydrogens is 248 g/mol. The Kier molecular flexibility index (Phi) is 4.79. The summed E-state index contributed by atoms with van der Waals surface area (Å²) in [4.78, 5) is 22.7. The number of carboxylic acids is 1. The highest BCUT2D eigenvalue weighted by Crippen LogP contribution is 2.40. The molecule has 6 heteroatoms. The van der Waals surface area contributed by atoms with Crippen LogP contribution in [0.1, 0.15) is 46.5 Å². The second kappa shape index (κ2) is 5.77. The molecule has 0 aromatic carbocycles. The zero-order valence-electron chi connectivity index (χ0n) is 11.9. The summed E-state index contributed by atoms with van der Waals surface area (Å²) in [5.41, 5.74) is 4.66. The lowest BCUT2D eigenvalue weighted by Crippen LogP contribution is -2.52. The van der Waals surface area contributed by atoms with Crippen molar-refractivity contribution in [3.05, 3.63) is 0 Å². The van der Waals surface area contributed by atoms with E-state index in [4.69, 9.17) is 15.6 Å². The topological polar surface area (TPSA) is 102 Å². The van der Waals surface area contributed by atoms with Gasteiger partial charge in [0, 0.05) is 12.0 Å². The summed E-state index contributed by atoms with van der Waals surface area (Å²) < 4.78 is 5.14. The maximum absolute atomic E-state index is 11.6. The molecular formula is C13H24N2O4. The Hall–Kier alpha value is -1.30. The van der Waals surface area contributed by atoms with Gasteiger partial charge in [-0.25, -0.2) is 4.79 Å². The van der Waals surface area contributed by atoms with Crippen molar-refractivity contribution < 1.29 is 19.4 Å². The number of hydrogen-bond acceptors (Lipinski definition) is 4. The maximum atomic E-state index is 11.6. The van der Waals surface area contributed by atoms with Crippen LogP contribution in [0.5, 0.6) is 0 Å². The molecule has 1 amide bonds. The lowest BCUT2D eigenvalue weighted by atomic mass is 9.79. The van der Waals surface area contributed by atoms with Crippen molar-refractivity contribution in [2.45, 2.75) is 58.1 Å². The van der Waals surface area contributed by atoms with Gasteiger partial charge in [0.2, 0.25) is 0 Å². The zero-order chi connectivity index (χ0) is 14.7. The number of ether oxygens (including phenoxy) is 1. The third-order valence-corrected chi connectivity index (χ3v) is 3.51. The highest BCUT2D eigenvalue weighted by molar-refractivity contribution is 5.75. The summed E-state index contributed by atoms with van der Waals surface area (Å²) in [5.74, 6) is -1.02. The highest BCUT2D eigenvalue weighted by Gasteiger charge is 2.43. The van der Waals surface area contributed by atoms with Crippen LogP contribution in [-0.2, 0) is 9.53 Å². The number of amides is 1. The van der Waals surface area contributed by atoms with E-state index in [1.165, 1.54) is 0 Å². The zero-order valence-corrected chi connectivity index (χ0v) is 11.9. The standard InChI is InChI=1S/C13H24N2O4/c1-12(2,3)19-11(18)15-8-13(6-4-5-7-13)9(14)10(16)17/h9H,4-8,14H2,1-3H3,(H,15,18)(H,16,17). The van der Waals surface area contributed by atoms with Crippen LogP contribution in [0.3, 0.4) is 0 Å². The van der Waals surface area contributed by atoms with Crippen LogP contribution < -0.4 is 11.1 Å². The molecule has 1 atom stereocenters. The van der Waals surface area contributed by atoms with Crippen molar-refractivity contribution in [3.63, 3.8) is 0 Å². The molecule has 0 saturated heterocycles. The van der Waals surface area contributed by atoms with Gasteiger partial charge in [-0.15, -0.1) is 0 Å². The SMILES string of the molecule is CC(C)(C)OC(=O)NCC1(C(N)C(=O)O)CCCC1. The minimum atomic E-state index is -1.02. The van der Waals surface area contributed by atoms with Crippen LogP contribution in [0.4, 0.5) is 4.79 Å². The Morgan fingerprint density at radius 1 is 1.37 bits per heavy atom. The molecule has 0 heterocycles. The van der Waals surface area contributed by atoms with Crippen LogP contribution in [-0.4, -0.2) is 35.4 Å². The first-order valence-electron chi connectivity index (χ1n) is 6.62. The number of carboxylic acid groups (broad SMARTS) is 1. The Morgan fingerprint density at radius 3 is 2.32 bits per heavy atom. The predicted molar refractivity (Wildman–Crippen MR) is 70.7 cm³/mol. The molecule has 1 saturated carbocycles. The Balaban J connectivity index is 2.61. The minimum Gasteiger partial charge on any atom is -0.480 e. The van der Waals surface area contributed by atoms with E-state index >= 15 is 0 Å². The first-order chi connectivity index (χ1) is 8.66. The molecule has 1 aliphatic rings. The highest BCUT2D eigenvalue weighted by atomic mass is 16.6. The van der Waals surface area contributed by atoms with Crippen molar-refractivity contribution >= 4 is 12.1 Å². The Morgan fingerprint density at radius 2 is 1.89 bits per heavy atom. The minimum absolute atomic E-state index is 0.245. The number of nitrogens with one attached hydrogen (secondary N) is 1. The summed E-state index contributed by atoms with van der Waals surface area (Å²) >= 11 is 0. The van der Waals surface area contributed by atoms with Crippen LogP contribution in [0.2, 0.25) is 0 Å². The number of hydrogen-bond donors (Lipinski definition) is 3. The molecule has 0 aromatic rings. The lowest BCUT2D eigenvalue weighted by Gasteiger charge is -2.33. The van der Waals surface area contributed by atoms with E-state index in [1.54, 1.807) is 20.8 Å². The smallest absolute Gasteiger partial charge is 0.407 e. The van der Waals surface area contributed by atoms with Gasteiger partial charge < -0.3 is 20.9 Å². The van der Waals surface area contributed by atoms with E-state index in [2.05, 4.69) is 5.32 Å². The Bertz CT molecular complexity index is 343. The number of alkyl carbamates (subject to hydrolysis) is 1.